The predicted molar refractivity (Wildman–Crippen MR) is 134 cm³/mol. The zero-order valence-corrected chi connectivity index (χ0v) is 19.5. The zero-order chi connectivity index (χ0) is 24.1. The summed E-state index contributed by atoms with van der Waals surface area (Å²) in [6.45, 7) is 0. The molecule has 4 rings (SSSR count). The lowest BCUT2D eigenvalue weighted by atomic mass is 10.0. The average Bonchev–Trinajstić information content (AvgIpc) is 2.88. The lowest BCUT2D eigenvalue weighted by Crippen LogP contribution is -2.10. The summed E-state index contributed by atoms with van der Waals surface area (Å²) in [5.74, 6) is 0.186. The van der Waals surface area contributed by atoms with E-state index in [0.29, 0.717) is 27.6 Å². The molecule has 4 aromatic rings. The van der Waals surface area contributed by atoms with E-state index >= 15 is 0 Å². The Morgan fingerprint density at radius 2 is 1.29 bits per heavy atom. The number of esters is 1. The number of anilines is 2. The van der Waals surface area contributed by atoms with Gasteiger partial charge in [0.25, 0.3) is 0 Å². The highest BCUT2D eigenvalue weighted by Gasteiger charge is 2.16. The first-order chi connectivity index (χ1) is 16.4. The fourth-order valence-electron chi connectivity index (χ4n) is 3.47. The molecule has 170 valence electrons. The SMILES string of the molecule is COC(=O)c1cc(Oc2ccccc2)cc(C(=O)c2ccc(N(C)c3ccc(Cl)cc3)cc2)c1. The normalized spacial score (nSPS) is 10.4. The molecule has 0 N–H and O–H groups in total. The minimum atomic E-state index is -0.549. The third-order valence-electron chi connectivity index (χ3n) is 5.30. The second kappa shape index (κ2) is 10.2. The molecule has 0 saturated carbocycles. The van der Waals surface area contributed by atoms with Crippen LogP contribution in [0.25, 0.3) is 0 Å². The molecule has 0 saturated heterocycles. The van der Waals surface area contributed by atoms with Gasteiger partial charge >= 0.3 is 5.97 Å². The quantitative estimate of drug-likeness (QED) is 0.216. The van der Waals surface area contributed by atoms with Crippen LogP contribution < -0.4 is 9.64 Å². The van der Waals surface area contributed by atoms with Crippen LogP contribution in [0.5, 0.6) is 11.5 Å². The molecule has 0 bridgehead atoms. The number of nitrogens with zero attached hydrogens (tertiary/aromatic N) is 1. The molecule has 0 aliphatic carbocycles. The number of benzene rings is 4. The Morgan fingerprint density at radius 3 is 1.91 bits per heavy atom. The molecule has 5 nitrogen and oxygen atoms in total. The highest BCUT2D eigenvalue weighted by Crippen LogP contribution is 2.28. The van der Waals surface area contributed by atoms with Crippen LogP contribution in [0.3, 0.4) is 0 Å². The van der Waals surface area contributed by atoms with E-state index in [4.69, 9.17) is 21.1 Å². The van der Waals surface area contributed by atoms with Gasteiger partial charge in [-0.15, -0.1) is 0 Å². The van der Waals surface area contributed by atoms with Crippen LogP contribution in [-0.2, 0) is 4.74 Å². The van der Waals surface area contributed by atoms with Crippen LogP contribution in [0, 0.1) is 0 Å². The lowest BCUT2D eigenvalue weighted by molar-refractivity contribution is 0.0600. The first-order valence-electron chi connectivity index (χ1n) is 10.5. The van der Waals surface area contributed by atoms with Crippen LogP contribution >= 0.6 is 11.6 Å². The van der Waals surface area contributed by atoms with Crippen molar-refractivity contribution in [2.45, 2.75) is 0 Å². The highest BCUT2D eigenvalue weighted by molar-refractivity contribution is 6.30. The van der Waals surface area contributed by atoms with Gasteiger partial charge in [0.15, 0.2) is 5.78 Å². The maximum absolute atomic E-state index is 13.3. The van der Waals surface area contributed by atoms with Crippen molar-refractivity contribution in [3.05, 3.63) is 119 Å². The van der Waals surface area contributed by atoms with Gasteiger partial charge in [-0.05, 0) is 78.9 Å². The van der Waals surface area contributed by atoms with Crippen LogP contribution in [0.15, 0.2) is 97.1 Å². The van der Waals surface area contributed by atoms with E-state index in [1.165, 1.54) is 13.2 Å². The lowest BCUT2D eigenvalue weighted by Gasteiger charge is -2.19. The number of halogens is 1. The molecule has 0 unspecified atom stereocenters. The molecular weight excluding hydrogens is 450 g/mol. The van der Waals surface area contributed by atoms with Crippen molar-refractivity contribution in [1.82, 2.24) is 0 Å². The zero-order valence-electron chi connectivity index (χ0n) is 18.7. The Balaban J connectivity index is 1.61. The second-order valence-electron chi connectivity index (χ2n) is 7.56. The van der Waals surface area contributed by atoms with E-state index in [1.807, 2.05) is 66.5 Å². The van der Waals surface area contributed by atoms with Gasteiger partial charge in [0.05, 0.1) is 12.7 Å². The van der Waals surface area contributed by atoms with Crippen molar-refractivity contribution >= 4 is 34.7 Å². The van der Waals surface area contributed by atoms with Crippen molar-refractivity contribution in [3.63, 3.8) is 0 Å². The molecule has 0 aliphatic heterocycles. The van der Waals surface area contributed by atoms with Crippen molar-refractivity contribution in [2.75, 3.05) is 19.1 Å². The number of para-hydroxylation sites is 1. The summed E-state index contributed by atoms with van der Waals surface area (Å²) in [4.78, 5) is 27.5. The number of carbonyl (C=O) groups is 2. The van der Waals surface area contributed by atoms with Crippen molar-refractivity contribution < 1.29 is 19.1 Å². The average molecular weight is 472 g/mol. The molecule has 0 aliphatic rings. The Bertz CT molecular complexity index is 1300. The summed E-state index contributed by atoms with van der Waals surface area (Å²) in [7, 11) is 3.23. The largest absolute Gasteiger partial charge is 0.465 e. The number of ketones is 1. The number of hydrogen-bond acceptors (Lipinski definition) is 5. The van der Waals surface area contributed by atoms with E-state index in [2.05, 4.69) is 0 Å². The smallest absolute Gasteiger partial charge is 0.338 e. The summed E-state index contributed by atoms with van der Waals surface area (Å²) in [6, 6.07) is 28.6. The van der Waals surface area contributed by atoms with Gasteiger partial charge in [0.2, 0.25) is 0 Å². The second-order valence-corrected chi connectivity index (χ2v) is 8.00. The van der Waals surface area contributed by atoms with E-state index < -0.39 is 5.97 Å². The monoisotopic (exact) mass is 471 g/mol. The van der Waals surface area contributed by atoms with Crippen molar-refractivity contribution in [2.24, 2.45) is 0 Å². The first kappa shape index (κ1) is 23.1. The number of methoxy groups -OCH3 is 1. The Kier molecular flexibility index (Phi) is 6.95. The van der Waals surface area contributed by atoms with Gasteiger partial charge in [-0.2, -0.15) is 0 Å². The highest BCUT2D eigenvalue weighted by atomic mass is 35.5. The molecule has 0 heterocycles. The maximum Gasteiger partial charge on any atom is 0.338 e. The van der Waals surface area contributed by atoms with Gasteiger partial charge in [-0.25, -0.2) is 4.79 Å². The minimum Gasteiger partial charge on any atom is -0.465 e. The van der Waals surface area contributed by atoms with Crippen molar-refractivity contribution in [1.29, 1.82) is 0 Å². The Labute approximate surface area is 203 Å². The molecule has 0 radical (unpaired) electrons. The van der Waals surface area contributed by atoms with E-state index in [0.717, 1.165) is 11.4 Å². The topological polar surface area (TPSA) is 55.8 Å². The van der Waals surface area contributed by atoms with E-state index in [9.17, 15) is 9.59 Å². The third kappa shape index (κ3) is 5.27. The standard InChI is InChI=1S/C28H22ClNO4/c1-30(24-14-10-22(29)11-15-24)23-12-8-19(9-13-23)27(31)20-16-21(28(32)33-2)18-26(17-20)34-25-6-4-3-5-7-25/h3-18H,1-2H3. The third-order valence-corrected chi connectivity index (χ3v) is 5.55. The number of carbonyl (C=O) groups excluding carboxylic acids is 2. The number of hydrogen-bond donors (Lipinski definition) is 0. The van der Waals surface area contributed by atoms with E-state index in [-0.39, 0.29) is 11.3 Å². The van der Waals surface area contributed by atoms with Crippen LogP contribution in [0.2, 0.25) is 5.02 Å². The van der Waals surface area contributed by atoms with Crippen molar-refractivity contribution in [3.8, 4) is 11.5 Å². The predicted octanol–water partition coefficient (Wildman–Crippen LogP) is 6.92. The summed E-state index contributed by atoms with van der Waals surface area (Å²) in [5.41, 5.74) is 2.93. The summed E-state index contributed by atoms with van der Waals surface area (Å²) >= 11 is 5.98. The molecule has 34 heavy (non-hydrogen) atoms. The molecule has 4 aromatic carbocycles. The van der Waals surface area contributed by atoms with Crippen LogP contribution in [-0.4, -0.2) is 25.9 Å². The van der Waals surface area contributed by atoms with E-state index in [1.54, 1.807) is 36.4 Å². The molecular formula is C28H22ClNO4. The minimum absolute atomic E-state index is 0.232. The first-order valence-corrected chi connectivity index (χ1v) is 10.9. The van der Waals surface area contributed by atoms with Gasteiger partial charge in [0, 0.05) is 34.6 Å². The number of rotatable bonds is 7. The summed E-state index contributed by atoms with van der Waals surface area (Å²) in [6.07, 6.45) is 0. The molecule has 6 heteroatoms. The molecule has 0 aromatic heterocycles. The molecule has 0 amide bonds. The van der Waals surface area contributed by atoms with Gasteiger partial charge < -0.3 is 14.4 Å². The fourth-order valence-corrected chi connectivity index (χ4v) is 3.59. The maximum atomic E-state index is 13.3. The van der Waals surface area contributed by atoms with Gasteiger partial charge in [-0.1, -0.05) is 29.8 Å². The fraction of sp³-hybridized carbons (Fsp3) is 0.0714. The Hall–Kier alpha value is -4.09. The van der Waals surface area contributed by atoms with Crippen LogP contribution in [0.1, 0.15) is 26.3 Å². The number of ether oxygens (including phenoxy) is 2. The van der Waals surface area contributed by atoms with Gasteiger partial charge in [0.1, 0.15) is 11.5 Å². The van der Waals surface area contributed by atoms with Crippen LogP contribution in [0.4, 0.5) is 11.4 Å². The molecule has 0 atom stereocenters. The van der Waals surface area contributed by atoms with Gasteiger partial charge in [-0.3, -0.25) is 4.79 Å². The molecule has 0 fully saturated rings. The summed E-state index contributed by atoms with van der Waals surface area (Å²) < 4.78 is 10.7. The Morgan fingerprint density at radius 1 is 0.706 bits per heavy atom. The summed E-state index contributed by atoms with van der Waals surface area (Å²) in [5, 5.41) is 0.669. The molecule has 0 spiro atoms.